The fourth-order valence-corrected chi connectivity index (χ4v) is 1.79. The van der Waals surface area contributed by atoms with Crippen LogP contribution in [0.4, 0.5) is 0 Å². The van der Waals surface area contributed by atoms with Crippen LogP contribution in [0.15, 0.2) is 30.6 Å². The molecule has 0 fully saturated rings. The highest BCUT2D eigenvalue weighted by molar-refractivity contribution is 14.1. The van der Waals surface area contributed by atoms with Crippen molar-refractivity contribution in [2.45, 2.75) is 0 Å². The molecule has 0 saturated carbocycles. The predicted molar refractivity (Wildman–Crippen MR) is 63.4 cm³/mol. The van der Waals surface area contributed by atoms with Gasteiger partial charge in [0.2, 0.25) is 0 Å². The van der Waals surface area contributed by atoms with Crippen molar-refractivity contribution in [2.75, 3.05) is 0 Å². The average Bonchev–Trinajstić information content (AvgIpc) is 2.12. The standard InChI is InChI=1S/C9H6INO.ClH/c10-8-1-2-9(12)7-5-11-4-3-6(7)8;/h1-5,12H;1H. The van der Waals surface area contributed by atoms with Crippen LogP contribution >= 0.6 is 35.0 Å². The Bertz CT molecular complexity index is 392. The molecule has 2 rings (SSSR count). The van der Waals surface area contributed by atoms with Gasteiger partial charge in [-0.3, -0.25) is 4.98 Å². The van der Waals surface area contributed by atoms with Gasteiger partial charge in [0, 0.05) is 26.7 Å². The summed E-state index contributed by atoms with van der Waals surface area (Å²) < 4.78 is 1.13. The summed E-state index contributed by atoms with van der Waals surface area (Å²) >= 11 is 2.24. The molecule has 0 spiro atoms. The first-order valence-electron chi connectivity index (χ1n) is 3.50. The van der Waals surface area contributed by atoms with Gasteiger partial charge in [-0.1, -0.05) is 0 Å². The summed E-state index contributed by atoms with van der Waals surface area (Å²) in [5.41, 5.74) is 0. The van der Waals surface area contributed by atoms with Crippen LogP contribution in [-0.4, -0.2) is 10.1 Å². The summed E-state index contributed by atoms with van der Waals surface area (Å²) in [6.45, 7) is 0. The monoisotopic (exact) mass is 307 g/mol. The van der Waals surface area contributed by atoms with Crippen molar-refractivity contribution in [1.29, 1.82) is 0 Å². The van der Waals surface area contributed by atoms with Gasteiger partial charge in [0.1, 0.15) is 5.75 Å². The topological polar surface area (TPSA) is 33.1 Å². The second kappa shape index (κ2) is 4.11. The number of fused-ring (bicyclic) bond motifs is 1. The lowest BCUT2D eigenvalue weighted by Gasteiger charge is -2.00. The number of hydrogen-bond donors (Lipinski definition) is 1. The summed E-state index contributed by atoms with van der Waals surface area (Å²) in [5, 5.41) is 11.3. The number of nitrogens with zero attached hydrogens (tertiary/aromatic N) is 1. The second-order valence-electron chi connectivity index (χ2n) is 2.49. The Balaban J connectivity index is 0.000000845. The zero-order chi connectivity index (χ0) is 8.55. The fourth-order valence-electron chi connectivity index (χ4n) is 1.14. The highest BCUT2D eigenvalue weighted by Gasteiger charge is 2.01. The molecule has 1 aromatic carbocycles. The van der Waals surface area contributed by atoms with E-state index in [0.717, 1.165) is 14.3 Å². The van der Waals surface area contributed by atoms with Gasteiger partial charge in [0.05, 0.1) is 0 Å². The minimum absolute atomic E-state index is 0. The summed E-state index contributed by atoms with van der Waals surface area (Å²) in [4.78, 5) is 3.95. The maximum Gasteiger partial charge on any atom is 0.125 e. The number of pyridine rings is 1. The Morgan fingerprint density at radius 3 is 2.62 bits per heavy atom. The van der Waals surface area contributed by atoms with Gasteiger partial charge in [-0.15, -0.1) is 12.4 Å². The van der Waals surface area contributed by atoms with E-state index in [2.05, 4.69) is 27.6 Å². The highest BCUT2D eigenvalue weighted by Crippen LogP contribution is 2.27. The van der Waals surface area contributed by atoms with E-state index in [1.807, 2.05) is 12.1 Å². The smallest absolute Gasteiger partial charge is 0.125 e. The number of phenolic OH excluding ortho intramolecular Hbond substituents is 1. The molecule has 0 radical (unpaired) electrons. The van der Waals surface area contributed by atoms with Crippen molar-refractivity contribution in [2.24, 2.45) is 0 Å². The third-order valence-electron chi connectivity index (χ3n) is 1.74. The van der Waals surface area contributed by atoms with Gasteiger partial charge in [0.15, 0.2) is 0 Å². The summed E-state index contributed by atoms with van der Waals surface area (Å²) in [7, 11) is 0. The van der Waals surface area contributed by atoms with Crippen molar-refractivity contribution < 1.29 is 5.11 Å². The SMILES string of the molecule is Cl.Oc1ccc(I)c2ccncc12. The van der Waals surface area contributed by atoms with Crippen LogP contribution in [-0.2, 0) is 0 Å². The number of rotatable bonds is 0. The van der Waals surface area contributed by atoms with Crippen LogP contribution in [0, 0.1) is 3.57 Å². The normalized spacial score (nSPS) is 9.62. The molecule has 1 aromatic heterocycles. The number of aromatic nitrogens is 1. The molecule has 68 valence electrons. The lowest BCUT2D eigenvalue weighted by Crippen LogP contribution is -1.79. The molecule has 0 bridgehead atoms. The Labute approximate surface area is 95.5 Å². The van der Waals surface area contributed by atoms with E-state index in [0.29, 0.717) is 5.75 Å². The Morgan fingerprint density at radius 1 is 1.15 bits per heavy atom. The Hall–Kier alpha value is -0.550. The van der Waals surface area contributed by atoms with Crippen LogP contribution in [0.1, 0.15) is 0 Å². The van der Waals surface area contributed by atoms with Crippen molar-refractivity contribution >= 4 is 45.8 Å². The van der Waals surface area contributed by atoms with E-state index in [4.69, 9.17) is 0 Å². The molecule has 0 unspecified atom stereocenters. The Morgan fingerprint density at radius 2 is 1.92 bits per heavy atom. The van der Waals surface area contributed by atoms with E-state index in [1.165, 1.54) is 0 Å². The lowest BCUT2D eigenvalue weighted by atomic mass is 10.2. The van der Waals surface area contributed by atoms with Gasteiger partial charge in [-0.25, -0.2) is 0 Å². The van der Waals surface area contributed by atoms with E-state index >= 15 is 0 Å². The van der Waals surface area contributed by atoms with Crippen LogP contribution < -0.4 is 0 Å². The first-order valence-corrected chi connectivity index (χ1v) is 4.58. The predicted octanol–water partition coefficient (Wildman–Crippen LogP) is 2.97. The third kappa shape index (κ3) is 1.86. The molecule has 0 saturated heterocycles. The lowest BCUT2D eigenvalue weighted by molar-refractivity contribution is 0.481. The zero-order valence-corrected chi connectivity index (χ0v) is 9.54. The maximum atomic E-state index is 9.45. The van der Waals surface area contributed by atoms with Gasteiger partial charge < -0.3 is 5.11 Å². The van der Waals surface area contributed by atoms with Gasteiger partial charge >= 0.3 is 0 Å². The molecular weight excluding hydrogens is 300 g/mol. The third-order valence-corrected chi connectivity index (χ3v) is 2.68. The maximum absolute atomic E-state index is 9.45. The molecular formula is C9H7ClINO. The van der Waals surface area contributed by atoms with E-state index in [1.54, 1.807) is 18.5 Å². The van der Waals surface area contributed by atoms with Crippen LogP contribution in [0.25, 0.3) is 10.8 Å². The average molecular weight is 308 g/mol. The number of halogens is 2. The zero-order valence-electron chi connectivity index (χ0n) is 6.57. The van der Waals surface area contributed by atoms with Gasteiger partial charge in [-0.2, -0.15) is 0 Å². The fraction of sp³-hybridized carbons (Fsp3) is 0. The van der Waals surface area contributed by atoms with Crippen LogP contribution in [0.3, 0.4) is 0 Å². The molecule has 1 heterocycles. The molecule has 0 aliphatic carbocycles. The van der Waals surface area contributed by atoms with E-state index in [9.17, 15) is 5.11 Å². The molecule has 2 aromatic rings. The highest BCUT2D eigenvalue weighted by atomic mass is 127. The number of aromatic hydroxyl groups is 1. The largest absolute Gasteiger partial charge is 0.507 e. The van der Waals surface area contributed by atoms with Crippen LogP contribution in [0.2, 0.25) is 0 Å². The minimum atomic E-state index is 0. The molecule has 2 nitrogen and oxygen atoms in total. The van der Waals surface area contributed by atoms with Crippen molar-refractivity contribution in [1.82, 2.24) is 4.98 Å². The van der Waals surface area contributed by atoms with E-state index < -0.39 is 0 Å². The van der Waals surface area contributed by atoms with Crippen molar-refractivity contribution in [3.05, 3.63) is 34.2 Å². The Kier molecular flexibility index (Phi) is 3.33. The first kappa shape index (κ1) is 10.5. The molecule has 4 heteroatoms. The second-order valence-corrected chi connectivity index (χ2v) is 3.65. The first-order chi connectivity index (χ1) is 5.79. The minimum Gasteiger partial charge on any atom is -0.507 e. The molecule has 1 N–H and O–H groups in total. The number of benzene rings is 1. The van der Waals surface area contributed by atoms with E-state index in [-0.39, 0.29) is 12.4 Å². The molecule has 0 aliphatic rings. The molecule has 13 heavy (non-hydrogen) atoms. The summed E-state index contributed by atoms with van der Waals surface area (Å²) in [6.07, 6.45) is 3.40. The van der Waals surface area contributed by atoms with Crippen LogP contribution in [0.5, 0.6) is 5.75 Å². The van der Waals surface area contributed by atoms with Gasteiger partial charge in [-0.05, 0) is 40.8 Å². The summed E-state index contributed by atoms with van der Waals surface area (Å²) in [5.74, 6) is 0.290. The van der Waals surface area contributed by atoms with Crippen molar-refractivity contribution in [3.8, 4) is 5.75 Å². The molecule has 0 amide bonds. The number of phenols is 1. The van der Waals surface area contributed by atoms with Gasteiger partial charge in [0.25, 0.3) is 0 Å². The summed E-state index contributed by atoms with van der Waals surface area (Å²) in [6, 6.07) is 5.47. The molecule has 0 atom stereocenters. The molecule has 0 aliphatic heterocycles. The van der Waals surface area contributed by atoms with Crippen molar-refractivity contribution in [3.63, 3.8) is 0 Å². The quantitative estimate of drug-likeness (QED) is 0.759. The number of hydrogen-bond acceptors (Lipinski definition) is 2.